The van der Waals surface area contributed by atoms with Crippen LogP contribution in [0.5, 0.6) is 0 Å². The zero-order valence-electron chi connectivity index (χ0n) is 5.68. The summed E-state index contributed by atoms with van der Waals surface area (Å²) in [6.45, 7) is 3.11. The maximum atomic E-state index is 5.00. The van der Waals surface area contributed by atoms with Gasteiger partial charge in [-0.2, -0.15) is 7.05 Å². The van der Waals surface area contributed by atoms with Crippen molar-refractivity contribution in [3.05, 3.63) is 7.05 Å². The van der Waals surface area contributed by atoms with Crippen molar-refractivity contribution in [1.29, 1.82) is 0 Å². The largest absolute Gasteiger partial charge is 0.479 e. The van der Waals surface area contributed by atoms with Crippen LogP contribution in [-0.2, 0) is 4.74 Å². The van der Waals surface area contributed by atoms with Crippen LogP contribution in [0.25, 0.3) is 0 Å². The molecular weight excluding hydrogens is 102 g/mol. The van der Waals surface area contributed by atoms with Crippen molar-refractivity contribution in [3.8, 4) is 0 Å². The van der Waals surface area contributed by atoms with E-state index in [-0.39, 0.29) is 0 Å². The average molecular weight is 117 g/mol. The maximum absolute atomic E-state index is 5.00. The molecule has 2 heteroatoms. The molecule has 0 saturated carbocycles. The minimum Gasteiger partial charge on any atom is -0.479 e. The van der Waals surface area contributed by atoms with Crippen LogP contribution in [0.15, 0.2) is 0 Å². The lowest BCUT2D eigenvalue weighted by Gasteiger charge is -2.07. The van der Waals surface area contributed by atoms with Crippen LogP contribution in [0.4, 0.5) is 0 Å². The third kappa shape index (κ3) is 4.09. The van der Waals surface area contributed by atoms with E-state index in [9.17, 15) is 0 Å². The Morgan fingerprint density at radius 3 is 2.75 bits per heavy atom. The Labute approximate surface area is 51.2 Å². The fourth-order valence-electron chi connectivity index (χ4n) is 0.470. The smallest absolute Gasteiger partial charge is 0.0595 e. The summed E-state index contributed by atoms with van der Waals surface area (Å²) in [5.41, 5.74) is 0. The highest BCUT2D eigenvalue weighted by Crippen LogP contribution is 1.89. The number of rotatable bonds is 4. The quantitative estimate of drug-likeness (QED) is 0.505. The minimum atomic E-state index is 0.382. The van der Waals surface area contributed by atoms with E-state index < -0.39 is 0 Å². The van der Waals surface area contributed by atoms with Gasteiger partial charge >= 0.3 is 0 Å². The number of methoxy groups -OCH3 is 1. The first-order chi connectivity index (χ1) is 3.81. The van der Waals surface area contributed by atoms with Gasteiger partial charge in [-0.15, -0.1) is 0 Å². The van der Waals surface area contributed by atoms with Gasteiger partial charge < -0.3 is 10.1 Å². The van der Waals surface area contributed by atoms with Gasteiger partial charge in [0.2, 0.25) is 0 Å². The third-order valence-electron chi connectivity index (χ3n) is 1.18. The summed E-state index contributed by atoms with van der Waals surface area (Å²) in [6.07, 6.45) is 1.47. The Bertz CT molecular complexity index is 47.8. The molecule has 2 nitrogen and oxygen atoms in total. The van der Waals surface area contributed by atoms with Crippen LogP contribution in [0, 0.1) is 7.05 Å². The summed E-state index contributed by atoms with van der Waals surface area (Å²) < 4.78 is 5.00. The van der Waals surface area contributed by atoms with E-state index in [1.54, 1.807) is 7.11 Å². The second kappa shape index (κ2) is 5.06. The standard InChI is InChI=1S/C6H15NO/c1-6(8-3)4-5-7-2/h6H,2,4-5,7H2,1,3H3. The minimum absolute atomic E-state index is 0.382. The SMILES string of the molecule is [CH2-][NH2+]CCC(C)OC. The molecule has 0 fully saturated rings. The molecule has 8 heavy (non-hydrogen) atoms. The lowest BCUT2D eigenvalue weighted by Crippen LogP contribution is -2.77. The van der Waals surface area contributed by atoms with Crippen molar-refractivity contribution < 1.29 is 10.1 Å². The van der Waals surface area contributed by atoms with Gasteiger partial charge in [-0.05, 0) is 6.92 Å². The highest BCUT2D eigenvalue weighted by atomic mass is 16.5. The molecule has 0 radical (unpaired) electrons. The van der Waals surface area contributed by atoms with Crippen LogP contribution in [0.2, 0.25) is 0 Å². The fraction of sp³-hybridized carbons (Fsp3) is 0.833. The molecule has 1 unspecified atom stereocenters. The second-order valence-corrected chi connectivity index (χ2v) is 1.91. The van der Waals surface area contributed by atoms with Crippen LogP contribution >= 0.6 is 0 Å². The van der Waals surface area contributed by atoms with E-state index in [0.717, 1.165) is 13.0 Å². The highest BCUT2D eigenvalue weighted by molar-refractivity contribution is 4.44. The number of hydrogen-bond donors (Lipinski definition) is 1. The zero-order chi connectivity index (χ0) is 6.41. The number of quaternary nitrogens is 1. The Morgan fingerprint density at radius 1 is 1.75 bits per heavy atom. The first-order valence-corrected chi connectivity index (χ1v) is 2.95. The van der Waals surface area contributed by atoms with Crippen molar-refractivity contribution in [2.75, 3.05) is 13.7 Å². The van der Waals surface area contributed by atoms with Gasteiger partial charge in [0.1, 0.15) is 0 Å². The fourth-order valence-corrected chi connectivity index (χ4v) is 0.470. The molecule has 0 rings (SSSR count). The molecule has 0 aromatic rings. The normalized spacial score (nSPS) is 13.9. The number of hydrogen-bond acceptors (Lipinski definition) is 1. The Balaban J connectivity index is 2.86. The first-order valence-electron chi connectivity index (χ1n) is 2.95. The molecule has 0 aliphatic rings. The molecule has 2 N–H and O–H groups in total. The molecule has 0 aliphatic heterocycles. The Morgan fingerprint density at radius 2 is 2.38 bits per heavy atom. The van der Waals surface area contributed by atoms with Crippen molar-refractivity contribution >= 4 is 0 Å². The summed E-state index contributed by atoms with van der Waals surface area (Å²) >= 11 is 0. The van der Waals surface area contributed by atoms with Gasteiger partial charge in [0.05, 0.1) is 12.6 Å². The average Bonchev–Trinajstić information content (AvgIpc) is 1.83. The van der Waals surface area contributed by atoms with E-state index >= 15 is 0 Å². The summed E-state index contributed by atoms with van der Waals surface area (Å²) in [5.74, 6) is 0. The molecule has 50 valence electrons. The van der Waals surface area contributed by atoms with Gasteiger partial charge in [-0.1, -0.05) is 0 Å². The predicted molar refractivity (Wildman–Crippen MR) is 33.2 cm³/mol. The maximum Gasteiger partial charge on any atom is 0.0595 e. The monoisotopic (exact) mass is 117 g/mol. The van der Waals surface area contributed by atoms with E-state index in [4.69, 9.17) is 4.74 Å². The number of ether oxygens (including phenoxy) is 1. The molecule has 0 aliphatic carbocycles. The summed E-state index contributed by atoms with van der Waals surface area (Å²) in [5, 5.41) is 1.91. The van der Waals surface area contributed by atoms with Crippen molar-refractivity contribution in [1.82, 2.24) is 0 Å². The lowest BCUT2D eigenvalue weighted by atomic mass is 10.3. The van der Waals surface area contributed by atoms with E-state index in [1.807, 2.05) is 5.32 Å². The summed E-state index contributed by atoms with van der Waals surface area (Å²) in [7, 11) is 5.34. The first kappa shape index (κ1) is 7.92. The van der Waals surface area contributed by atoms with Gasteiger partial charge in [-0.3, -0.25) is 0 Å². The van der Waals surface area contributed by atoms with Crippen LogP contribution < -0.4 is 5.32 Å². The lowest BCUT2D eigenvalue weighted by molar-refractivity contribution is -0.596. The molecule has 1 atom stereocenters. The molecule has 0 aromatic carbocycles. The van der Waals surface area contributed by atoms with Gasteiger partial charge in [0.15, 0.2) is 0 Å². The molecule has 0 spiro atoms. The van der Waals surface area contributed by atoms with Crippen molar-refractivity contribution in [2.24, 2.45) is 0 Å². The summed E-state index contributed by atoms with van der Waals surface area (Å²) in [6, 6.07) is 0. The molecule has 0 bridgehead atoms. The summed E-state index contributed by atoms with van der Waals surface area (Å²) in [4.78, 5) is 0. The van der Waals surface area contributed by atoms with Crippen LogP contribution in [0.3, 0.4) is 0 Å². The van der Waals surface area contributed by atoms with Crippen LogP contribution in [0.1, 0.15) is 13.3 Å². The highest BCUT2D eigenvalue weighted by Gasteiger charge is 1.95. The van der Waals surface area contributed by atoms with E-state index in [2.05, 4.69) is 14.0 Å². The van der Waals surface area contributed by atoms with Crippen molar-refractivity contribution in [3.63, 3.8) is 0 Å². The number of nitrogens with two attached hydrogens (primary N) is 1. The van der Waals surface area contributed by atoms with Gasteiger partial charge in [-0.25, -0.2) is 0 Å². The van der Waals surface area contributed by atoms with Gasteiger partial charge in [0.25, 0.3) is 0 Å². The van der Waals surface area contributed by atoms with Crippen molar-refractivity contribution in [2.45, 2.75) is 19.4 Å². The van der Waals surface area contributed by atoms with E-state index in [1.165, 1.54) is 0 Å². The van der Waals surface area contributed by atoms with Gasteiger partial charge in [0, 0.05) is 13.5 Å². The Hall–Kier alpha value is -0.0800. The third-order valence-corrected chi connectivity index (χ3v) is 1.18. The molecular formula is C6H15NO. The van der Waals surface area contributed by atoms with E-state index in [0.29, 0.717) is 6.10 Å². The zero-order valence-corrected chi connectivity index (χ0v) is 5.68. The molecule has 0 aromatic heterocycles. The molecule has 0 amide bonds. The van der Waals surface area contributed by atoms with Crippen LogP contribution in [-0.4, -0.2) is 19.8 Å². The topological polar surface area (TPSA) is 25.8 Å². The Kier molecular flexibility index (Phi) is 5.01. The molecule has 0 saturated heterocycles. The molecule has 0 heterocycles. The predicted octanol–water partition coefficient (Wildman–Crippen LogP) is -0.234. The second-order valence-electron chi connectivity index (χ2n) is 1.91.